The Balaban J connectivity index is 1.34. The minimum absolute atomic E-state index is 0.0909. The number of aromatic nitrogens is 3. The van der Waals surface area contributed by atoms with Gasteiger partial charge in [0.15, 0.2) is 5.65 Å². The number of nitrogens with one attached hydrogen (secondary N) is 1. The van der Waals surface area contributed by atoms with Gasteiger partial charge in [0.2, 0.25) is 0 Å². The molecule has 1 amide bonds. The van der Waals surface area contributed by atoms with Crippen LogP contribution in [-0.2, 0) is 6.42 Å². The number of hydrogen-bond acceptors (Lipinski definition) is 6. The number of hydrogen-bond donors (Lipinski definition) is 2. The van der Waals surface area contributed by atoms with E-state index in [-0.39, 0.29) is 22.7 Å². The number of halogens is 4. The molecule has 0 radical (unpaired) electrons. The lowest BCUT2D eigenvalue weighted by molar-refractivity contribution is -0.274. The van der Waals surface area contributed by atoms with E-state index in [9.17, 15) is 18.0 Å². The summed E-state index contributed by atoms with van der Waals surface area (Å²) >= 11 is 6.03. The maximum atomic E-state index is 13.1. The monoisotopic (exact) mass is 524 g/mol. The Morgan fingerprint density at radius 1 is 1.28 bits per heavy atom. The lowest BCUT2D eigenvalue weighted by Crippen LogP contribution is -2.42. The highest BCUT2D eigenvalue weighted by Gasteiger charge is 2.31. The molecule has 1 atom stereocenters. The first-order valence-electron chi connectivity index (χ1n) is 11.8. The van der Waals surface area contributed by atoms with Crippen LogP contribution in [0.25, 0.3) is 5.65 Å². The normalized spacial score (nSPS) is 15.8. The number of carbonyl (C=O) groups is 1. The molecule has 3 heterocycles. The summed E-state index contributed by atoms with van der Waals surface area (Å²) in [5.74, 6) is -0.0755. The molecular formula is C24H28ClF3N6O2. The summed E-state index contributed by atoms with van der Waals surface area (Å²) < 4.78 is 42.7. The molecule has 3 aromatic rings. The van der Waals surface area contributed by atoms with Crippen LogP contribution in [0.1, 0.15) is 35.9 Å². The number of nitrogens with two attached hydrogens (primary N) is 1. The van der Waals surface area contributed by atoms with Crippen LogP contribution in [0, 0.1) is 11.8 Å². The number of benzene rings is 1. The van der Waals surface area contributed by atoms with Gasteiger partial charge in [-0.3, -0.25) is 9.20 Å². The largest absolute Gasteiger partial charge is 0.573 e. The fourth-order valence-corrected chi connectivity index (χ4v) is 4.85. The molecule has 1 unspecified atom stereocenters. The zero-order chi connectivity index (χ0) is 25.9. The number of rotatable bonds is 8. The van der Waals surface area contributed by atoms with Crippen LogP contribution in [0.2, 0.25) is 5.15 Å². The van der Waals surface area contributed by atoms with Gasteiger partial charge in [0.1, 0.15) is 16.6 Å². The number of carbonyl (C=O) groups excluding carboxylic acids is 1. The lowest BCUT2D eigenvalue weighted by atomic mass is 9.84. The number of anilines is 1. The third kappa shape index (κ3) is 6.01. The number of ether oxygens (including phenoxy) is 1. The third-order valence-electron chi connectivity index (χ3n) is 6.57. The van der Waals surface area contributed by atoms with Gasteiger partial charge in [0.05, 0.1) is 11.9 Å². The number of fused-ring (bicyclic) bond motifs is 1. The second kappa shape index (κ2) is 10.9. The standard InChI is InChI=1S/C24H28ClF3N6O2/c1-2-19-22(34-14-20(25)30-13-21(34)32-19)23(35)31-12-16(11-29)15-7-9-33(10-8-15)17-3-5-18(6-4-17)36-24(26,27)28/h3-6,13-16H,2,7-12,29H2,1H3,(H,31,35). The van der Waals surface area contributed by atoms with Crippen molar-refractivity contribution in [1.29, 1.82) is 0 Å². The lowest BCUT2D eigenvalue weighted by Gasteiger charge is -2.37. The van der Waals surface area contributed by atoms with Crippen molar-refractivity contribution in [2.24, 2.45) is 17.6 Å². The Morgan fingerprint density at radius 2 is 1.97 bits per heavy atom. The highest BCUT2D eigenvalue weighted by Crippen LogP contribution is 2.30. The molecule has 1 aromatic carbocycles. The Hall–Kier alpha value is -3.05. The van der Waals surface area contributed by atoms with Crippen molar-refractivity contribution in [1.82, 2.24) is 19.7 Å². The van der Waals surface area contributed by atoms with Gasteiger partial charge >= 0.3 is 6.36 Å². The molecule has 3 N–H and O–H groups in total. The highest BCUT2D eigenvalue weighted by molar-refractivity contribution is 6.29. The van der Waals surface area contributed by atoms with Crippen LogP contribution < -0.4 is 20.7 Å². The van der Waals surface area contributed by atoms with Crippen molar-refractivity contribution >= 4 is 28.8 Å². The summed E-state index contributed by atoms with van der Waals surface area (Å²) in [6.07, 6.45) is 0.705. The Bertz CT molecular complexity index is 1190. The predicted octanol–water partition coefficient (Wildman–Crippen LogP) is 4.07. The molecule has 0 bridgehead atoms. The molecule has 12 heteroatoms. The first-order valence-corrected chi connectivity index (χ1v) is 12.2. The van der Waals surface area contributed by atoms with E-state index in [1.807, 2.05) is 6.92 Å². The van der Waals surface area contributed by atoms with Crippen LogP contribution in [0.15, 0.2) is 36.7 Å². The maximum absolute atomic E-state index is 13.1. The van der Waals surface area contributed by atoms with E-state index in [0.29, 0.717) is 42.5 Å². The predicted molar refractivity (Wildman–Crippen MR) is 130 cm³/mol. The maximum Gasteiger partial charge on any atom is 0.573 e. The average molecular weight is 525 g/mol. The topological polar surface area (TPSA) is 97.8 Å². The summed E-state index contributed by atoms with van der Waals surface area (Å²) in [6.45, 7) is 4.28. The van der Waals surface area contributed by atoms with Crippen molar-refractivity contribution in [2.45, 2.75) is 32.5 Å². The summed E-state index contributed by atoms with van der Waals surface area (Å²) in [4.78, 5) is 23.7. The van der Waals surface area contributed by atoms with Gasteiger partial charge in [-0.2, -0.15) is 0 Å². The van der Waals surface area contributed by atoms with Crippen LogP contribution >= 0.6 is 11.6 Å². The zero-order valence-electron chi connectivity index (χ0n) is 19.8. The van der Waals surface area contributed by atoms with Crippen LogP contribution in [0.4, 0.5) is 18.9 Å². The van der Waals surface area contributed by atoms with Gasteiger partial charge in [0.25, 0.3) is 5.91 Å². The summed E-state index contributed by atoms with van der Waals surface area (Å²) in [7, 11) is 0. The van der Waals surface area contributed by atoms with Crippen molar-refractivity contribution < 1.29 is 22.7 Å². The van der Waals surface area contributed by atoms with Gasteiger partial charge in [-0.25, -0.2) is 9.97 Å². The first-order chi connectivity index (χ1) is 17.2. The van der Waals surface area contributed by atoms with Crippen LogP contribution in [-0.4, -0.2) is 52.8 Å². The molecule has 4 rings (SSSR count). The molecule has 194 valence electrons. The van der Waals surface area contributed by atoms with E-state index in [1.165, 1.54) is 18.3 Å². The molecule has 0 aliphatic carbocycles. The Labute approximate surface area is 211 Å². The molecule has 1 fully saturated rings. The van der Waals surface area contributed by atoms with Crippen LogP contribution in [0.3, 0.4) is 0 Å². The molecule has 1 aliphatic heterocycles. The van der Waals surface area contributed by atoms with Gasteiger partial charge in [-0.15, -0.1) is 13.2 Å². The molecule has 0 spiro atoms. The Morgan fingerprint density at radius 3 is 2.58 bits per heavy atom. The van der Waals surface area contributed by atoms with E-state index in [1.54, 1.807) is 22.7 Å². The zero-order valence-corrected chi connectivity index (χ0v) is 20.5. The fourth-order valence-electron chi connectivity index (χ4n) is 4.70. The minimum atomic E-state index is -4.71. The third-order valence-corrected chi connectivity index (χ3v) is 6.76. The van der Waals surface area contributed by atoms with Crippen LogP contribution in [0.5, 0.6) is 5.75 Å². The van der Waals surface area contributed by atoms with Crippen molar-refractivity contribution in [3.05, 3.63) is 53.2 Å². The van der Waals surface area contributed by atoms with Gasteiger partial charge in [0, 0.05) is 31.5 Å². The minimum Gasteiger partial charge on any atom is -0.406 e. The molecular weight excluding hydrogens is 497 g/mol. The molecule has 2 aromatic heterocycles. The quantitative estimate of drug-likeness (QED) is 0.461. The number of nitrogens with zero attached hydrogens (tertiary/aromatic N) is 4. The van der Waals surface area contributed by atoms with Crippen molar-refractivity contribution in [2.75, 3.05) is 31.1 Å². The number of aryl methyl sites for hydroxylation is 1. The number of alkyl halides is 3. The van der Waals surface area contributed by atoms with Crippen molar-refractivity contribution in [3.8, 4) is 5.75 Å². The molecule has 36 heavy (non-hydrogen) atoms. The summed E-state index contributed by atoms with van der Waals surface area (Å²) in [5.41, 5.74) is 8.58. The molecule has 1 aliphatic rings. The number of piperidine rings is 1. The van der Waals surface area contributed by atoms with Gasteiger partial charge < -0.3 is 20.7 Å². The average Bonchev–Trinajstić information content (AvgIpc) is 3.22. The van der Waals surface area contributed by atoms with E-state index >= 15 is 0 Å². The second-order valence-electron chi connectivity index (χ2n) is 8.77. The van der Waals surface area contributed by atoms with Gasteiger partial charge in [-0.1, -0.05) is 18.5 Å². The molecule has 8 nitrogen and oxygen atoms in total. The smallest absolute Gasteiger partial charge is 0.406 e. The van der Waals surface area contributed by atoms with E-state index < -0.39 is 6.36 Å². The number of imidazole rings is 1. The van der Waals surface area contributed by atoms with Gasteiger partial charge in [-0.05, 0) is 61.9 Å². The first kappa shape index (κ1) is 26.0. The molecule has 1 saturated heterocycles. The molecule has 0 saturated carbocycles. The summed E-state index contributed by atoms with van der Waals surface area (Å²) in [5, 5.41) is 3.29. The Kier molecular flexibility index (Phi) is 7.89. The van der Waals surface area contributed by atoms with Crippen molar-refractivity contribution in [3.63, 3.8) is 0 Å². The summed E-state index contributed by atoms with van der Waals surface area (Å²) in [6, 6.07) is 5.90. The fraction of sp³-hybridized carbons (Fsp3) is 0.458. The second-order valence-corrected chi connectivity index (χ2v) is 9.16. The van der Waals surface area contributed by atoms with E-state index in [4.69, 9.17) is 17.3 Å². The van der Waals surface area contributed by atoms with E-state index in [2.05, 4.69) is 24.9 Å². The van der Waals surface area contributed by atoms with E-state index in [0.717, 1.165) is 31.6 Å². The highest BCUT2D eigenvalue weighted by atomic mass is 35.5. The number of amides is 1. The SMILES string of the molecule is CCc1nc2cnc(Cl)cn2c1C(=O)NCC(CN)C1CCN(c2ccc(OC(F)(F)F)cc2)CC1.